The second-order valence-corrected chi connectivity index (χ2v) is 6.22. The minimum atomic E-state index is -1.02. The smallest absolute Gasteiger partial charge is 0.320 e. The molecule has 0 radical (unpaired) electrons. The molecule has 0 aromatic carbocycles. The van der Waals surface area contributed by atoms with Crippen LogP contribution in [0.5, 0.6) is 0 Å². The molecule has 0 heterocycles. The third-order valence-electron chi connectivity index (χ3n) is 4.01. The van der Waals surface area contributed by atoms with E-state index in [1.807, 2.05) is 0 Å². The lowest BCUT2D eigenvalue weighted by molar-refractivity contribution is -0.164. The summed E-state index contributed by atoms with van der Waals surface area (Å²) in [5, 5.41) is 0. The molecule has 0 spiro atoms. The fourth-order valence-corrected chi connectivity index (χ4v) is 2.71. The molecule has 1 unspecified atom stereocenters. The number of ketones is 1. The molecule has 24 heavy (non-hydrogen) atoms. The van der Waals surface area contributed by atoms with E-state index < -0.39 is 23.8 Å². The van der Waals surface area contributed by atoms with Crippen molar-refractivity contribution in [3.63, 3.8) is 0 Å². The third-order valence-corrected chi connectivity index (χ3v) is 4.01. The summed E-state index contributed by atoms with van der Waals surface area (Å²) in [6.07, 6.45) is 7.47. The van der Waals surface area contributed by atoms with E-state index in [0.717, 1.165) is 19.3 Å². The summed E-state index contributed by atoms with van der Waals surface area (Å²) in [5.41, 5.74) is 0. The zero-order valence-corrected chi connectivity index (χ0v) is 15.8. The maximum absolute atomic E-state index is 12.1. The summed E-state index contributed by atoms with van der Waals surface area (Å²) in [6.45, 7) is 7.69. The van der Waals surface area contributed by atoms with Gasteiger partial charge in [0.25, 0.3) is 0 Å². The van der Waals surface area contributed by atoms with Gasteiger partial charge in [0.2, 0.25) is 0 Å². The number of carbonyl (C=O) groups excluding carboxylic acids is 3. The van der Waals surface area contributed by atoms with Gasteiger partial charge in [-0.3, -0.25) is 14.4 Å². The second-order valence-electron chi connectivity index (χ2n) is 6.22. The fourth-order valence-electron chi connectivity index (χ4n) is 2.71. The van der Waals surface area contributed by atoms with E-state index in [4.69, 9.17) is 9.47 Å². The Bertz CT molecular complexity index is 360. The number of hydrogen-bond acceptors (Lipinski definition) is 5. The van der Waals surface area contributed by atoms with Gasteiger partial charge in [-0.1, -0.05) is 46.0 Å². The molecule has 0 saturated heterocycles. The molecule has 0 aromatic heterocycles. The Hall–Kier alpha value is -1.39. The van der Waals surface area contributed by atoms with Crippen LogP contribution in [0.1, 0.15) is 79.1 Å². The number of Topliss-reactive ketones (excluding diaryl/α,β-unsaturated/α-hetero) is 1. The predicted octanol–water partition coefficient (Wildman–Crippen LogP) is 4.07. The molecule has 5 heteroatoms. The first-order valence-corrected chi connectivity index (χ1v) is 9.32. The van der Waals surface area contributed by atoms with Gasteiger partial charge in [0.05, 0.1) is 13.2 Å². The topological polar surface area (TPSA) is 69.7 Å². The van der Waals surface area contributed by atoms with Gasteiger partial charge in [-0.15, -0.1) is 0 Å². The average Bonchev–Trinajstić information content (AvgIpc) is 2.51. The molecule has 0 aliphatic heterocycles. The van der Waals surface area contributed by atoms with Crippen molar-refractivity contribution in [1.82, 2.24) is 0 Å². The zero-order valence-electron chi connectivity index (χ0n) is 15.8. The monoisotopic (exact) mass is 342 g/mol. The molecule has 0 saturated carbocycles. The van der Waals surface area contributed by atoms with Crippen LogP contribution < -0.4 is 0 Å². The lowest BCUT2D eigenvalue weighted by Crippen LogP contribution is -2.34. The Kier molecular flexibility index (Phi) is 13.2. The molecule has 0 aromatic rings. The highest BCUT2D eigenvalue weighted by molar-refractivity contribution is 5.96. The summed E-state index contributed by atoms with van der Waals surface area (Å²) < 4.78 is 9.92. The van der Waals surface area contributed by atoms with Crippen molar-refractivity contribution in [2.45, 2.75) is 79.1 Å². The summed E-state index contributed by atoms with van der Waals surface area (Å²) >= 11 is 0. The average molecular weight is 342 g/mol. The first-order valence-electron chi connectivity index (χ1n) is 9.32. The summed E-state index contributed by atoms with van der Waals surface area (Å²) in [6, 6.07) is 0. The van der Waals surface area contributed by atoms with Crippen molar-refractivity contribution in [2.24, 2.45) is 11.8 Å². The SMILES string of the molecule is CCCCCCCCC(=O)CC(C)C(C(=O)OCC)C(=O)OCC. The minimum absolute atomic E-state index is 0.0941. The Morgan fingerprint density at radius 2 is 1.29 bits per heavy atom. The van der Waals surface area contributed by atoms with Crippen LogP contribution in [0.15, 0.2) is 0 Å². The van der Waals surface area contributed by atoms with Gasteiger partial charge in [0, 0.05) is 12.8 Å². The Morgan fingerprint density at radius 1 is 0.792 bits per heavy atom. The zero-order chi connectivity index (χ0) is 18.4. The summed E-state index contributed by atoms with van der Waals surface area (Å²) in [4.78, 5) is 36.1. The standard InChI is InChI=1S/C19H34O5/c1-5-8-9-10-11-12-13-16(20)14-15(4)17(18(21)23-6-2)19(22)24-7-3/h15,17H,5-14H2,1-4H3. The van der Waals surface area contributed by atoms with Crippen molar-refractivity contribution in [3.05, 3.63) is 0 Å². The summed E-state index contributed by atoms with van der Waals surface area (Å²) in [5.74, 6) is -2.53. The highest BCUT2D eigenvalue weighted by atomic mass is 16.6. The van der Waals surface area contributed by atoms with Crippen molar-refractivity contribution in [3.8, 4) is 0 Å². The van der Waals surface area contributed by atoms with Crippen molar-refractivity contribution in [1.29, 1.82) is 0 Å². The quantitative estimate of drug-likeness (QED) is 0.270. The largest absolute Gasteiger partial charge is 0.465 e. The fraction of sp³-hybridized carbons (Fsp3) is 0.842. The van der Waals surface area contributed by atoms with E-state index in [2.05, 4.69) is 6.92 Å². The lowest BCUT2D eigenvalue weighted by atomic mass is 9.88. The normalized spacial score (nSPS) is 12.0. The third kappa shape index (κ3) is 9.68. The highest BCUT2D eigenvalue weighted by Gasteiger charge is 2.35. The highest BCUT2D eigenvalue weighted by Crippen LogP contribution is 2.21. The molecule has 0 rings (SSSR count). The maximum Gasteiger partial charge on any atom is 0.320 e. The van der Waals surface area contributed by atoms with Gasteiger partial charge in [0.1, 0.15) is 5.78 Å². The predicted molar refractivity (Wildman–Crippen MR) is 93.5 cm³/mol. The minimum Gasteiger partial charge on any atom is -0.465 e. The van der Waals surface area contributed by atoms with Crippen LogP contribution in [0.4, 0.5) is 0 Å². The van der Waals surface area contributed by atoms with Crippen LogP contribution in [0.3, 0.4) is 0 Å². The first-order chi connectivity index (χ1) is 11.5. The van der Waals surface area contributed by atoms with E-state index in [-0.39, 0.29) is 25.4 Å². The van der Waals surface area contributed by atoms with E-state index >= 15 is 0 Å². The van der Waals surface area contributed by atoms with Gasteiger partial charge >= 0.3 is 11.9 Å². The molecule has 0 aliphatic rings. The van der Waals surface area contributed by atoms with Crippen LogP contribution in [0.25, 0.3) is 0 Å². The van der Waals surface area contributed by atoms with Crippen molar-refractivity contribution in [2.75, 3.05) is 13.2 Å². The number of hydrogen-bond donors (Lipinski definition) is 0. The van der Waals surface area contributed by atoms with Gasteiger partial charge < -0.3 is 9.47 Å². The second kappa shape index (κ2) is 14.0. The molecule has 0 fully saturated rings. The van der Waals surface area contributed by atoms with Gasteiger partial charge in [-0.2, -0.15) is 0 Å². The van der Waals surface area contributed by atoms with E-state index in [0.29, 0.717) is 6.42 Å². The van der Waals surface area contributed by atoms with Gasteiger partial charge in [-0.05, 0) is 26.2 Å². The van der Waals surface area contributed by atoms with Crippen molar-refractivity contribution >= 4 is 17.7 Å². The molecular weight excluding hydrogens is 308 g/mol. The van der Waals surface area contributed by atoms with Crippen LogP contribution >= 0.6 is 0 Å². The van der Waals surface area contributed by atoms with Crippen LogP contribution in [0, 0.1) is 11.8 Å². The Morgan fingerprint density at radius 3 is 1.79 bits per heavy atom. The van der Waals surface area contributed by atoms with E-state index in [1.54, 1.807) is 20.8 Å². The van der Waals surface area contributed by atoms with Crippen molar-refractivity contribution < 1.29 is 23.9 Å². The van der Waals surface area contributed by atoms with Crippen LogP contribution in [0.2, 0.25) is 0 Å². The van der Waals surface area contributed by atoms with E-state index in [1.165, 1.54) is 19.3 Å². The maximum atomic E-state index is 12.1. The molecule has 1 atom stereocenters. The Balaban J connectivity index is 4.37. The number of ether oxygens (including phenoxy) is 2. The van der Waals surface area contributed by atoms with E-state index in [9.17, 15) is 14.4 Å². The number of rotatable bonds is 14. The van der Waals surface area contributed by atoms with Crippen LogP contribution in [-0.2, 0) is 23.9 Å². The molecule has 0 aliphatic carbocycles. The molecular formula is C19H34O5. The molecule has 0 N–H and O–H groups in total. The molecule has 140 valence electrons. The lowest BCUT2D eigenvalue weighted by Gasteiger charge is -2.20. The number of esters is 2. The Labute approximate surface area is 146 Å². The molecule has 0 amide bonds. The molecule has 5 nitrogen and oxygen atoms in total. The number of unbranched alkanes of at least 4 members (excludes halogenated alkanes) is 5. The van der Waals surface area contributed by atoms with Crippen LogP contribution in [-0.4, -0.2) is 30.9 Å². The number of carbonyl (C=O) groups is 3. The molecule has 0 bridgehead atoms. The summed E-state index contributed by atoms with van der Waals surface area (Å²) in [7, 11) is 0. The first kappa shape index (κ1) is 22.6. The van der Waals surface area contributed by atoms with Gasteiger partial charge in [-0.25, -0.2) is 0 Å². The van der Waals surface area contributed by atoms with Gasteiger partial charge in [0.15, 0.2) is 5.92 Å².